The van der Waals surface area contributed by atoms with Crippen LogP contribution in [0.3, 0.4) is 0 Å². The fourth-order valence-electron chi connectivity index (χ4n) is 0.140. The van der Waals surface area contributed by atoms with Crippen molar-refractivity contribution in [2.75, 3.05) is 0 Å². The van der Waals surface area contributed by atoms with Gasteiger partial charge in [0.25, 0.3) is 5.91 Å². The van der Waals surface area contributed by atoms with Crippen molar-refractivity contribution < 1.29 is 13.2 Å². The van der Waals surface area contributed by atoms with E-state index in [0.29, 0.717) is 0 Å². The molecule has 0 saturated heterocycles. The Balaban J connectivity index is 4.66. The Labute approximate surface area is 52.4 Å². The van der Waals surface area contributed by atoms with E-state index in [1.54, 1.807) is 0 Å². The lowest BCUT2D eigenvalue weighted by Gasteiger charge is -1.93. The predicted molar refractivity (Wildman–Crippen MR) is 31.4 cm³/mol. The van der Waals surface area contributed by atoms with E-state index in [2.05, 4.69) is 17.5 Å². The minimum Gasteiger partial charge on any atom is -0.365 e. The van der Waals surface area contributed by atoms with Gasteiger partial charge in [-0.15, -0.1) is 0 Å². The molecule has 0 spiro atoms. The van der Waals surface area contributed by atoms with Gasteiger partial charge >= 0.3 is 0 Å². The molecule has 0 rings (SSSR count). The summed E-state index contributed by atoms with van der Waals surface area (Å²) in [5, 5.41) is 4.45. The number of nitrogens with two attached hydrogens (primary N) is 2. The third-order valence-electron chi connectivity index (χ3n) is 0.618. The molecule has 0 heterocycles. The number of sulfonamides is 1. The number of hydrogen-bond donors (Lipinski definition) is 2. The molecule has 1 amide bonds. The van der Waals surface area contributed by atoms with E-state index in [1.165, 1.54) is 0 Å². The average Bonchev–Trinajstić information content (AvgIpc) is 1.62. The van der Waals surface area contributed by atoms with Gasteiger partial charge in [0.1, 0.15) is 4.91 Å². The molecule has 0 aliphatic heterocycles. The number of primary amides is 1. The van der Waals surface area contributed by atoms with Crippen molar-refractivity contribution in [1.82, 2.24) is 0 Å². The van der Waals surface area contributed by atoms with E-state index < -0.39 is 20.8 Å². The summed E-state index contributed by atoms with van der Waals surface area (Å²) >= 11 is 0. The Kier molecular flexibility index (Phi) is 1.95. The molecule has 0 saturated carbocycles. The third kappa shape index (κ3) is 2.24. The van der Waals surface area contributed by atoms with Gasteiger partial charge in [-0.3, -0.25) is 4.79 Å². The van der Waals surface area contributed by atoms with Crippen LogP contribution in [0.2, 0.25) is 0 Å². The Morgan fingerprint density at radius 2 is 1.78 bits per heavy atom. The summed E-state index contributed by atoms with van der Waals surface area (Å²) < 4.78 is 20.3. The Morgan fingerprint density at radius 3 is 1.78 bits per heavy atom. The van der Waals surface area contributed by atoms with Gasteiger partial charge < -0.3 is 5.73 Å². The van der Waals surface area contributed by atoms with Gasteiger partial charge in [0.2, 0.25) is 10.0 Å². The van der Waals surface area contributed by atoms with E-state index in [4.69, 9.17) is 0 Å². The zero-order chi connectivity index (χ0) is 7.65. The molecule has 0 aromatic carbocycles. The second-order valence-corrected chi connectivity index (χ2v) is 2.92. The van der Waals surface area contributed by atoms with Gasteiger partial charge in [-0.05, 0) is 0 Å². The van der Waals surface area contributed by atoms with Crippen LogP contribution in [-0.4, -0.2) is 14.3 Å². The summed E-state index contributed by atoms with van der Waals surface area (Å²) in [4.78, 5) is 9.23. The van der Waals surface area contributed by atoms with Crippen LogP contribution in [0.4, 0.5) is 0 Å². The highest BCUT2D eigenvalue weighted by Gasteiger charge is 2.13. The maximum atomic E-state index is 10.2. The van der Waals surface area contributed by atoms with Crippen molar-refractivity contribution in [3.8, 4) is 0 Å². The third-order valence-corrected chi connectivity index (χ3v) is 1.51. The van der Waals surface area contributed by atoms with Gasteiger partial charge in [-0.1, -0.05) is 6.58 Å². The fraction of sp³-hybridized carbons (Fsp3) is 0. The smallest absolute Gasteiger partial charge is 0.261 e. The molecule has 0 atom stereocenters. The zero-order valence-electron chi connectivity index (χ0n) is 4.49. The molecule has 5 nitrogen and oxygen atoms in total. The van der Waals surface area contributed by atoms with Gasteiger partial charge in [0.05, 0.1) is 0 Å². The van der Waals surface area contributed by atoms with Crippen molar-refractivity contribution >= 4 is 15.9 Å². The molecule has 0 aliphatic carbocycles. The lowest BCUT2D eigenvalue weighted by atomic mass is 10.6. The summed E-state index contributed by atoms with van der Waals surface area (Å²) in [7, 11) is -3.97. The van der Waals surface area contributed by atoms with Crippen molar-refractivity contribution in [1.29, 1.82) is 0 Å². The van der Waals surface area contributed by atoms with Crippen molar-refractivity contribution in [2.24, 2.45) is 10.9 Å². The predicted octanol–water partition coefficient (Wildman–Crippen LogP) is -1.73. The fourth-order valence-corrected chi connectivity index (χ4v) is 0.421. The van der Waals surface area contributed by atoms with Crippen LogP contribution in [0.25, 0.3) is 0 Å². The molecule has 4 N–H and O–H groups in total. The molecule has 0 aromatic rings. The molecule has 0 fully saturated rings. The van der Waals surface area contributed by atoms with Crippen LogP contribution in [0.15, 0.2) is 11.5 Å². The van der Waals surface area contributed by atoms with Crippen LogP contribution in [-0.2, 0) is 14.8 Å². The first-order valence-electron chi connectivity index (χ1n) is 1.87. The number of hydrogen-bond acceptors (Lipinski definition) is 3. The number of carbonyl (C=O) groups is 1. The topological polar surface area (TPSA) is 103 Å². The molecule has 0 radical (unpaired) electrons. The number of rotatable bonds is 2. The summed E-state index contributed by atoms with van der Waals surface area (Å²) in [5.74, 6) is -1.13. The first kappa shape index (κ1) is 8.12. The summed E-state index contributed by atoms with van der Waals surface area (Å²) in [6.07, 6.45) is 0. The van der Waals surface area contributed by atoms with Gasteiger partial charge in [0.15, 0.2) is 0 Å². The molecular weight excluding hydrogens is 144 g/mol. The van der Waals surface area contributed by atoms with Crippen LogP contribution < -0.4 is 10.9 Å². The number of carbonyl (C=O) groups excluding carboxylic acids is 1. The first-order chi connectivity index (χ1) is 3.85. The highest BCUT2D eigenvalue weighted by Crippen LogP contribution is 1.93. The molecule has 6 heteroatoms. The van der Waals surface area contributed by atoms with Crippen LogP contribution >= 0.6 is 0 Å². The maximum Gasteiger partial charge on any atom is 0.261 e. The van der Waals surface area contributed by atoms with Gasteiger partial charge in [-0.2, -0.15) is 0 Å². The largest absolute Gasteiger partial charge is 0.365 e. The lowest BCUT2D eigenvalue weighted by molar-refractivity contribution is -0.113. The molecule has 0 bridgehead atoms. The number of primary sulfonamides is 1. The van der Waals surface area contributed by atoms with Crippen molar-refractivity contribution in [3.05, 3.63) is 11.5 Å². The van der Waals surface area contributed by atoms with E-state index in [0.717, 1.165) is 0 Å². The summed E-state index contributed by atoms with van der Waals surface area (Å²) in [6.45, 7) is 2.84. The van der Waals surface area contributed by atoms with E-state index in [-0.39, 0.29) is 0 Å². The Morgan fingerprint density at radius 1 is 1.44 bits per heavy atom. The quantitative estimate of drug-likeness (QED) is 0.457. The normalized spacial score (nSPS) is 10.8. The molecule has 0 aliphatic rings. The monoisotopic (exact) mass is 150 g/mol. The maximum absolute atomic E-state index is 10.2. The lowest BCUT2D eigenvalue weighted by Crippen LogP contribution is -2.25. The average molecular weight is 150 g/mol. The highest BCUT2D eigenvalue weighted by atomic mass is 32.2. The van der Waals surface area contributed by atoms with Crippen molar-refractivity contribution in [3.63, 3.8) is 0 Å². The van der Waals surface area contributed by atoms with E-state index >= 15 is 0 Å². The second kappa shape index (κ2) is 2.16. The molecular formula is C3H6N2O3S. The second-order valence-electron chi connectivity index (χ2n) is 1.33. The first-order valence-corrected chi connectivity index (χ1v) is 3.42. The summed E-state index contributed by atoms with van der Waals surface area (Å²) in [5.41, 5.74) is 4.52. The Bertz CT molecular complexity index is 240. The van der Waals surface area contributed by atoms with Crippen LogP contribution in [0.1, 0.15) is 0 Å². The molecule has 9 heavy (non-hydrogen) atoms. The molecule has 52 valence electrons. The molecule has 0 aromatic heterocycles. The Hall–Kier alpha value is -0.880. The summed E-state index contributed by atoms with van der Waals surface area (Å²) in [6, 6.07) is 0. The van der Waals surface area contributed by atoms with E-state index in [1.807, 2.05) is 0 Å². The SMILES string of the molecule is C=C(C(N)=O)S(N)(=O)=O. The van der Waals surface area contributed by atoms with E-state index in [9.17, 15) is 13.2 Å². The minimum atomic E-state index is -3.97. The van der Waals surface area contributed by atoms with Crippen LogP contribution in [0, 0.1) is 0 Å². The zero-order valence-corrected chi connectivity index (χ0v) is 5.31. The van der Waals surface area contributed by atoms with Crippen molar-refractivity contribution in [2.45, 2.75) is 0 Å². The standard InChI is InChI=1S/C3H6N2O3S/c1-2(3(4)6)9(5,7)8/h1H2,(H2,4,6)(H2,5,7,8). The number of amides is 1. The van der Waals surface area contributed by atoms with Crippen LogP contribution in [0.5, 0.6) is 0 Å². The minimum absolute atomic E-state index is 0.775. The van der Waals surface area contributed by atoms with Gasteiger partial charge in [0, 0.05) is 0 Å². The highest BCUT2D eigenvalue weighted by molar-refractivity contribution is 7.94. The molecule has 0 unspecified atom stereocenters. The van der Waals surface area contributed by atoms with Gasteiger partial charge in [-0.25, -0.2) is 13.6 Å².